The fourth-order valence-corrected chi connectivity index (χ4v) is 4.59. The van der Waals surface area contributed by atoms with Crippen molar-refractivity contribution in [1.29, 1.82) is 0 Å². The van der Waals surface area contributed by atoms with Crippen LogP contribution in [0.5, 0.6) is 0 Å². The summed E-state index contributed by atoms with van der Waals surface area (Å²) < 4.78 is 5.31. The van der Waals surface area contributed by atoms with E-state index < -0.39 is 17.4 Å². The van der Waals surface area contributed by atoms with Crippen LogP contribution in [0.2, 0.25) is 0 Å². The summed E-state index contributed by atoms with van der Waals surface area (Å²) in [4.78, 5) is 39.4. The number of hydrogen-bond acceptors (Lipinski definition) is 4. The molecule has 0 aromatic rings. The van der Waals surface area contributed by atoms with E-state index in [1.807, 2.05) is 6.92 Å². The maximum Gasteiger partial charge on any atom is 0.243 e. The highest BCUT2D eigenvalue weighted by atomic mass is 16.5. The van der Waals surface area contributed by atoms with Gasteiger partial charge in [-0.05, 0) is 24.7 Å². The van der Waals surface area contributed by atoms with Crippen LogP contribution < -0.4 is 11.1 Å². The van der Waals surface area contributed by atoms with Gasteiger partial charge in [0.1, 0.15) is 5.54 Å². The second kappa shape index (κ2) is 8.59. The molecule has 3 amide bonds. The highest BCUT2D eigenvalue weighted by Gasteiger charge is 2.58. The van der Waals surface area contributed by atoms with Crippen molar-refractivity contribution in [2.75, 3.05) is 26.3 Å². The van der Waals surface area contributed by atoms with E-state index in [1.165, 1.54) is 19.3 Å². The lowest BCUT2D eigenvalue weighted by Gasteiger charge is -2.30. The molecule has 7 nitrogen and oxygen atoms in total. The summed E-state index contributed by atoms with van der Waals surface area (Å²) in [6.07, 6.45) is 7.37. The van der Waals surface area contributed by atoms with Gasteiger partial charge in [-0.2, -0.15) is 0 Å². The molecule has 1 aliphatic heterocycles. The number of nitrogens with zero attached hydrogens (tertiary/aromatic N) is 1. The fraction of sp³-hybridized carbons (Fsp3) is 0.850. The zero-order valence-corrected chi connectivity index (χ0v) is 16.4. The minimum atomic E-state index is -0.913. The van der Waals surface area contributed by atoms with Gasteiger partial charge < -0.3 is 20.7 Å². The van der Waals surface area contributed by atoms with Crippen LogP contribution in [0.4, 0.5) is 0 Å². The van der Waals surface area contributed by atoms with E-state index in [0.29, 0.717) is 45.1 Å². The summed E-state index contributed by atoms with van der Waals surface area (Å²) >= 11 is 0. The summed E-state index contributed by atoms with van der Waals surface area (Å²) in [5, 5.41) is 2.91. The Bertz CT molecular complexity index is 570. The summed E-state index contributed by atoms with van der Waals surface area (Å²) in [5.41, 5.74) is 4.62. The lowest BCUT2D eigenvalue weighted by atomic mass is 9.81. The van der Waals surface area contributed by atoms with Crippen LogP contribution in [-0.2, 0) is 19.1 Å². The second-order valence-electron chi connectivity index (χ2n) is 8.56. The quantitative estimate of drug-likeness (QED) is 0.694. The Hall–Kier alpha value is -1.63. The summed E-state index contributed by atoms with van der Waals surface area (Å²) in [6, 6.07) is 0. The molecule has 0 radical (unpaired) electrons. The summed E-state index contributed by atoms with van der Waals surface area (Å²) in [7, 11) is 0. The molecule has 1 heterocycles. The number of carbonyl (C=O) groups is 3. The summed E-state index contributed by atoms with van der Waals surface area (Å²) in [5.74, 6) is -0.513. The maximum absolute atomic E-state index is 13.0. The number of nitrogens with two attached hydrogens (primary N) is 1. The zero-order chi connectivity index (χ0) is 19.4. The number of primary amides is 1. The Morgan fingerprint density at radius 3 is 2.37 bits per heavy atom. The molecule has 27 heavy (non-hydrogen) atoms. The number of hydrogen-bond donors (Lipinski definition) is 2. The van der Waals surface area contributed by atoms with Crippen molar-refractivity contribution >= 4 is 17.7 Å². The summed E-state index contributed by atoms with van der Waals surface area (Å²) in [6.45, 7) is 4.18. The third kappa shape index (κ3) is 4.81. The fourth-order valence-electron chi connectivity index (χ4n) is 4.59. The van der Waals surface area contributed by atoms with Crippen LogP contribution in [0.1, 0.15) is 58.3 Å². The van der Waals surface area contributed by atoms with Crippen LogP contribution in [0.3, 0.4) is 0 Å². The topological polar surface area (TPSA) is 102 Å². The first-order valence-corrected chi connectivity index (χ1v) is 10.4. The van der Waals surface area contributed by atoms with Gasteiger partial charge in [-0.15, -0.1) is 0 Å². The molecule has 3 aliphatic rings. The molecule has 0 bridgehead atoms. The molecular formula is C20H33N3O4. The first kappa shape index (κ1) is 20.1. The molecule has 1 saturated heterocycles. The number of nitrogens with one attached hydrogen (secondary N) is 1. The van der Waals surface area contributed by atoms with E-state index in [4.69, 9.17) is 10.5 Å². The van der Waals surface area contributed by atoms with Crippen molar-refractivity contribution < 1.29 is 19.1 Å². The smallest absolute Gasteiger partial charge is 0.243 e. The van der Waals surface area contributed by atoms with Crippen LogP contribution in [-0.4, -0.2) is 54.5 Å². The van der Waals surface area contributed by atoms with Gasteiger partial charge in [0.25, 0.3) is 0 Å². The molecule has 7 heteroatoms. The monoisotopic (exact) mass is 379 g/mol. The molecule has 3 N–H and O–H groups in total. The van der Waals surface area contributed by atoms with E-state index in [0.717, 1.165) is 12.8 Å². The molecular weight excluding hydrogens is 346 g/mol. The van der Waals surface area contributed by atoms with Gasteiger partial charge in [0, 0.05) is 25.4 Å². The average Bonchev–Trinajstić information content (AvgIpc) is 3.33. The van der Waals surface area contributed by atoms with E-state index in [9.17, 15) is 14.4 Å². The highest BCUT2D eigenvalue weighted by molar-refractivity contribution is 5.95. The second-order valence-corrected chi connectivity index (χ2v) is 8.56. The van der Waals surface area contributed by atoms with E-state index >= 15 is 0 Å². The average molecular weight is 380 g/mol. The minimum Gasteiger partial charge on any atom is -0.378 e. The van der Waals surface area contributed by atoms with Crippen molar-refractivity contribution in [3.05, 3.63) is 0 Å². The number of ether oxygens (including phenoxy) is 1. The van der Waals surface area contributed by atoms with Gasteiger partial charge in [0.2, 0.25) is 17.7 Å². The van der Waals surface area contributed by atoms with Crippen molar-refractivity contribution in [2.24, 2.45) is 23.5 Å². The van der Waals surface area contributed by atoms with E-state index in [1.54, 1.807) is 4.90 Å². The number of amides is 3. The first-order chi connectivity index (χ1) is 12.9. The normalized spacial score (nSPS) is 29.8. The van der Waals surface area contributed by atoms with Crippen molar-refractivity contribution in [3.8, 4) is 0 Å². The van der Waals surface area contributed by atoms with Gasteiger partial charge >= 0.3 is 0 Å². The van der Waals surface area contributed by atoms with Crippen molar-refractivity contribution in [1.82, 2.24) is 10.2 Å². The lowest BCUT2D eigenvalue weighted by Crippen LogP contribution is -2.51. The minimum absolute atomic E-state index is 0.00577. The standard InChI is InChI=1S/C20H33N3O4/c1-14-13-20(14,19(21)26)22-18(25)16(11-15-5-3-2-4-6-15)12-17(24)23-7-9-27-10-8-23/h14-16H,2-13H2,1H3,(H2,21,26)(H,22,25)/t14-,16-,20+/m1/s1. The number of carbonyl (C=O) groups excluding carboxylic acids is 3. The lowest BCUT2D eigenvalue weighted by molar-refractivity contribution is -0.140. The van der Waals surface area contributed by atoms with Gasteiger partial charge in [-0.25, -0.2) is 0 Å². The van der Waals surface area contributed by atoms with Crippen molar-refractivity contribution in [3.63, 3.8) is 0 Å². The Kier molecular flexibility index (Phi) is 6.40. The molecule has 2 saturated carbocycles. The molecule has 3 fully saturated rings. The van der Waals surface area contributed by atoms with E-state index in [2.05, 4.69) is 5.32 Å². The highest BCUT2D eigenvalue weighted by Crippen LogP contribution is 2.43. The molecule has 0 spiro atoms. The molecule has 0 unspecified atom stereocenters. The predicted molar refractivity (Wildman–Crippen MR) is 101 cm³/mol. The predicted octanol–water partition coefficient (Wildman–Crippen LogP) is 1.20. The van der Waals surface area contributed by atoms with Gasteiger partial charge in [0.15, 0.2) is 0 Å². The Labute approximate surface area is 161 Å². The molecule has 3 atom stereocenters. The third-order valence-electron chi connectivity index (χ3n) is 6.59. The van der Waals surface area contributed by atoms with E-state index in [-0.39, 0.29) is 24.2 Å². The maximum atomic E-state index is 13.0. The number of morpholine rings is 1. The zero-order valence-electron chi connectivity index (χ0n) is 16.4. The Morgan fingerprint density at radius 1 is 1.19 bits per heavy atom. The molecule has 152 valence electrons. The molecule has 2 aliphatic carbocycles. The van der Waals surface area contributed by atoms with Gasteiger partial charge in [-0.3, -0.25) is 14.4 Å². The van der Waals surface area contributed by atoms with Crippen molar-refractivity contribution in [2.45, 2.75) is 63.8 Å². The van der Waals surface area contributed by atoms with Gasteiger partial charge in [-0.1, -0.05) is 39.0 Å². The Balaban J connectivity index is 1.65. The van der Waals surface area contributed by atoms with Crippen LogP contribution in [0, 0.1) is 17.8 Å². The molecule has 0 aromatic carbocycles. The Morgan fingerprint density at radius 2 is 1.81 bits per heavy atom. The number of rotatable bonds is 7. The largest absolute Gasteiger partial charge is 0.378 e. The molecule has 3 rings (SSSR count). The van der Waals surface area contributed by atoms with Crippen LogP contribution in [0.15, 0.2) is 0 Å². The third-order valence-corrected chi connectivity index (χ3v) is 6.59. The van der Waals surface area contributed by atoms with Crippen LogP contribution >= 0.6 is 0 Å². The first-order valence-electron chi connectivity index (χ1n) is 10.4. The molecule has 0 aromatic heterocycles. The van der Waals surface area contributed by atoms with Crippen LogP contribution in [0.25, 0.3) is 0 Å². The SMILES string of the molecule is C[C@@H]1C[C@@]1(NC(=O)[C@@H](CC(=O)N1CCOCC1)CC1CCCCC1)C(N)=O. The van der Waals surface area contributed by atoms with Gasteiger partial charge in [0.05, 0.1) is 13.2 Å².